The van der Waals surface area contributed by atoms with Gasteiger partial charge < -0.3 is 5.32 Å². The van der Waals surface area contributed by atoms with Crippen molar-refractivity contribution in [2.24, 2.45) is 0 Å². The number of carbonyl (C=O) groups is 1. The predicted molar refractivity (Wildman–Crippen MR) is 131 cm³/mol. The highest BCUT2D eigenvalue weighted by molar-refractivity contribution is 8.00. The first-order valence-electron chi connectivity index (χ1n) is 9.78. The van der Waals surface area contributed by atoms with E-state index in [1.165, 1.54) is 16.6 Å². The van der Waals surface area contributed by atoms with E-state index in [2.05, 4.69) is 27.0 Å². The molecule has 1 atom stereocenters. The summed E-state index contributed by atoms with van der Waals surface area (Å²) in [6.45, 7) is 1.89. The Morgan fingerprint density at radius 2 is 1.84 bits per heavy atom. The molecule has 0 spiro atoms. The number of thioether (sulfide) groups is 2. The van der Waals surface area contributed by atoms with Gasteiger partial charge in [-0.25, -0.2) is 0 Å². The molecule has 0 radical (unpaired) electrons. The lowest BCUT2D eigenvalue weighted by Gasteiger charge is -2.15. The van der Waals surface area contributed by atoms with Crippen LogP contribution in [0, 0.1) is 0 Å². The number of amides is 1. The Bertz CT molecular complexity index is 1140. The Morgan fingerprint density at radius 3 is 2.58 bits per heavy atom. The molecule has 4 rings (SSSR count). The molecular formula is C23H22N4OS3. The summed E-state index contributed by atoms with van der Waals surface area (Å²) in [5, 5.41) is 14.4. The van der Waals surface area contributed by atoms with Gasteiger partial charge in [0.05, 0.1) is 10.9 Å². The normalized spacial score (nSPS) is 11.9. The highest BCUT2D eigenvalue weighted by Crippen LogP contribution is 2.29. The van der Waals surface area contributed by atoms with Crippen LogP contribution in [-0.4, -0.2) is 32.2 Å². The van der Waals surface area contributed by atoms with Crippen molar-refractivity contribution in [3.8, 4) is 5.69 Å². The van der Waals surface area contributed by atoms with Gasteiger partial charge in [0.1, 0.15) is 5.82 Å². The largest absolute Gasteiger partial charge is 0.324 e. The van der Waals surface area contributed by atoms with Crippen LogP contribution in [0.2, 0.25) is 0 Å². The van der Waals surface area contributed by atoms with Gasteiger partial charge in [-0.05, 0) is 48.9 Å². The molecule has 2 aromatic heterocycles. The van der Waals surface area contributed by atoms with Crippen molar-refractivity contribution in [2.75, 3.05) is 11.6 Å². The fraction of sp³-hybridized carbons (Fsp3) is 0.174. The minimum Gasteiger partial charge on any atom is -0.324 e. The molecule has 0 saturated heterocycles. The molecule has 4 aromatic rings. The van der Waals surface area contributed by atoms with Crippen LogP contribution in [-0.2, 0) is 11.2 Å². The molecule has 1 amide bonds. The van der Waals surface area contributed by atoms with Gasteiger partial charge in [-0.1, -0.05) is 48.2 Å². The highest BCUT2D eigenvalue weighted by Gasteiger charge is 2.22. The molecule has 0 aliphatic carbocycles. The van der Waals surface area contributed by atoms with Gasteiger partial charge in [0.2, 0.25) is 5.91 Å². The van der Waals surface area contributed by atoms with Crippen LogP contribution >= 0.6 is 34.9 Å². The van der Waals surface area contributed by atoms with Crippen LogP contribution < -0.4 is 5.32 Å². The fourth-order valence-corrected chi connectivity index (χ4v) is 5.23. The maximum Gasteiger partial charge on any atom is 0.237 e. The minimum absolute atomic E-state index is 0.0612. The van der Waals surface area contributed by atoms with E-state index < -0.39 is 0 Å². The van der Waals surface area contributed by atoms with Crippen molar-refractivity contribution in [1.29, 1.82) is 0 Å². The van der Waals surface area contributed by atoms with E-state index in [1.807, 2.05) is 78.4 Å². The molecule has 0 aliphatic heterocycles. The van der Waals surface area contributed by atoms with Crippen LogP contribution in [0.4, 0.5) is 5.69 Å². The number of hydrogen-bond donors (Lipinski definition) is 1. The molecule has 158 valence electrons. The first-order chi connectivity index (χ1) is 15.2. The molecular weight excluding hydrogens is 444 g/mol. The maximum absolute atomic E-state index is 12.9. The zero-order valence-corrected chi connectivity index (χ0v) is 19.6. The summed E-state index contributed by atoms with van der Waals surface area (Å²) < 4.78 is 2.05. The molecule has 31 heavy (non-hydrogen) atoms. The average molecular weight is 467 g/mol. The first kappa shape index (κ1) is 21.7. The van der Waals surface area contributed by atoms with Gasteiger partial charge in [0.15, 0.2) is 5.16 Å². The fourth-order valence-electron chi connectivity index (χ4n) is 3.09. The lowest BCUT2D eigenvalue weighted by Crippen LogP contribution is -2.23. The molecule has 5 nitrogen and oxygen atoms in total. The number of benzene rings is 2. The van der Waals surface area contributed by atoms with E-state index in [9.17, 15) is 4.79 Å². The molecule has 1 N–H and O–H groups in total. The summed E-state index contributed by atoms with van der Waals surface area (Å²) in [6, 6.07) is 22.0. The predicted octanol–water partition coefficient (Wildman–Crippen LogP) is 5.76. The second-order valence-electron chi connectivity index (χ2n) is 6.78. The lowest BCUT2D eigenvalue weighted by molar-refractivity contribution is -0.115. The standard InChI is InChI=1S/C23H22N4OS3/c1-16(22(28)24-19-12-6-7-13-20(19)29-2)31-23-26-25-21(15-18-11-8-14-30-18)27(23)17-9-4-3-5-10-17/h3-14,16H,15H2,1-2H3,(H,24,28). The monoisotopic (exact) mass is 466 g/mol. The zero-order chi connectivity index (χ0) is 21.6. The molecule has 2 heterocycles. The summed E-state index contributed by atoms with van der Waals surface area (Å²) in [5.41, 5.74) is 1.82. The number of carbonyl (C=O) groups excluding carboxylic acids is 1. The van der Waals surface area contributed by atoms with Gasteiger partial charge in [0, 0.05) is 21.9 Å². The van der Waals surface area contributed by atoms with E-state index in [-0.39, 0.29) is 11.2 Å². The van der Waals surface area contributed by atoms with Crippen LogP contribution in [0.5, 0.6) is 0 Å². The third-order valence-corrected chi connectivity index (χ3v) is 7.36. The van der Waals surface area contributed by atoms with Gasteiger partial charge in [-0.15, -0.1) is 33.3 Å². The second kappa shape index (κ2) is 10.2. The Kier molecular flexibility index (Phi) is 7.11. The summed E-state index contributed by atoms with van der Waals surface area (Å²) in [5.74, 6) is 0.797. The molecule has 1 unspecified atom stereocenters. The number of thiophene rings is 1. The van der Waals surface area contributed by atoms with Gasteiger partial charge in [-0.3, -0.25) is 9.36 Å². The number of hydrogen-bond acceptors (Lipinski definition) is 6. The second-order valence-corrected chi connectivity index (χ2v) is 9.96. The van der Waals surface area contributed by atoms with Crippen molar-refractivity contribution in [1.82, 2.24) is 14.8 Å². The van der Waals surface area contributed by atoms with Crippen molar-refractivity contribution in [3.63, 3.8) is 0 Å². The molecule has 8 heteroatoms. The summed E-state index contributed by atoms with van der Waals surface area (Å²) in [7, 11) is 0. The van der Waals surface area contributed by atoms with Crippen LogP contribution in [0.15, 0.2) is 82.2 Å². The van der Waals surface area contributed by atoms with Crippen molar-refractivity contribution in [3.05, 3.63) is 82.8 Å². The van der Waals surface area contributed by atoms with Gasteiger partial charge in [-0.2, -0.15) is 0 Å². The molecule has 0 saturated carbocycles. The highest BCUT2D eigenvalue weighted by atomic mass is 32.2. The smallest absolute Gasteiger partial charge is 0.237 e. The van der Waals surface area contributed by atoms with Crippen LogP contribution in [0.25, 0.3) is 5.69 Å². The first-order valence-corrected chi connectivity index (χ1v) is 12.8. The number of rotatable bonds is 8. The van der Waals surface area contributed by atoms with E-state index in [0.29, 0.717) is 11.6 Å². The van der Waals surface area contributed by atoms with E-state index in [4.69, 9.17) is 0 Å². The SMILES string of the molecule is CSc1ccccc1NC(=O)C(C)Sc1nnc(Cc2cccs2)n1-c1ccccc1. The van der Waals surface area contributed by atoms with E-state index in [0.717, 1.165) is 22.1 Å². The van der Waals surface area contributed by atoms with Crippen molar-refractivity contribution >= 4 is 46.5 Å². The number of anilines is 1. The molecule has 0 bridgehead atoms. The molecule has 0 fully saturated rings. The average Bonchev–Trinajstić information content (AvgIpc) is 3.45. The minimum atomic E-state index is -0.337. The number of para-hydroxylation sites is 2. The Hall–Kier alpha value is -2.55. The van der Waals surface area contributed by atoms with Crippen molar-refractivity contribution < 1.29 is 4.79 Å². The summed E-state index contributed by atoms with van der Waals surface area (Å²) >= 11 is 4.72. The third kappa shape index (κ3) is 5.20. The number of nitrogens with one attached hydrogen (secondary N) is 1. The lowest BCUT2D eigenvalue weighted by atomic mass is 10.3. The maximum atomic E-state index is 12.9. The third-order valence-electron chi connectivity index (χ3n) is 4.64. The quantitative estimate of drug-likeness (QED) is 0.335. The molecule has 0 aliphatic rings. The summed E-state index contributed by atoms with van der Waals surface area (Å²) in [6.07, 6.45) is 2.70. The zero-order valence-electron chi connectivity index (χ0n) is 17.2. The van der Waals surface area contributed by atoms with Gasteiger partial charge >= 0.3 is 0 Å². The van der Waals surface area contributed by atoms with E-state index in [1.54, 1.807) is 23.1 Å². The Labute approximate surface area is 194 Å². The Morgan fingerprint density at radius 1 is 1.06 bits per heavy atom. The van der Waals surface area contributed by atoms with Crippen molar-refractivity contribution in [2.45, 2.75) is 28.6 Å². The summed E-state index contributed by atoms with van der Waals surface area (Å²) in [4.78, 5) is 15.2. The topological polar surface area (TPSA) is 59.8 Å². The number of nitrogens with zero attached hydrogens (tertiary/aromatic N) is 3. The van der Waals surface area contributed by atoms with E-state index >= 15 is 0 Å². The van der Waals surface area contributed by atoms with Crippen LogP contribution in [0.1, 0.15) is 17.6 Å². The van der Waals surface area contributed by atoms with Gasteiger partial charge in [0.25, 0.3) is 0 Å². The molecule has 2 aromatic carbocycles. The van der Waals surface area contributed by atoms with Crippen LogP contribution in [0.3, 0.4) is 0 Å². The number of aromatic nitrogens is 3. The Balaban J connectivity index is 1.57.